The van der Waals surface area contributed by atoms with Crippen LogP contribution in [0.4, 0.5) is 0 Å². The molecule has 146 valence electrons. The predicted molar refractivity (Wildman–Crippen MR) is 115 cm³/mol. The van der Waals surface area contributed by atoms with Gasteiger partial charge in [0, 0.05) is 0 Å². The van der Waals surface area contributed by atoms with Crippen molar-refractivity contribution in [2.24, 2.45) is 17.8 Å². The fourth-order valence-electron chi connectivity index (χ4n) is 5.52. The maximum Gasteiger partial charge on any atom is -0.0228 e. The maximum atomic E-state index is 4.43. The normalized spacial score (nSPS) is 24.0. The lowest BCUT2D eigenvalue weighted by molar-refractivity contribution is 0.319. The first-order valence-corrected chi connectivity index (χ1v) is 11.8. The highest BCUT2D eigenvalue weighted by atomic mass is 14.2. The molecule has 1 unspecified atom stereocenters. The summed E-state index contributed by atoms with van der Waals surface area (Å²) in [7, 11) is 0. The second kappa shape index (κ2) is 10.5. The van der Waals surface area contributed by atoms with E-state index >= 15 is 0 Å². The van der Waals surface area contributed by atoms with Crippen molar-refractivity contribution < 1.29 is 0 Å². The molecule has 0 heterocycles. The third-order valence-electron chi connectivity index (χ3n) is 7.58. The van der Waals surface area contributed by atoms with Gasteiger partial charge in [0.25, 0.3) is 0 Å². The van der Waals surface area contributed by atoms with Crippen LogP contribution >= 0.6 is 0 Å². The summed E-state index contributed by atoms with van der Waals surface area (Å²) in [6, 6.07) is 0. The van der Waals surface area contributed by atoms with E-state index in [1.54, 1.807) is 11.1 Å². The van der Waals surface area contributed by atoms with Gasteiger partial charge in [-0.2, -0.15) is 0 Å². The second-order valence-corrected chi connectivity index (χ2v) is 9.56. The van der Waals surface area contributed by atoms with Crippen LogP contribution in [0.1, 0.15) is 110 Å². The van der Waals surface area contributed by atoms with Crippen molar-refractivity contribution in [3.63, 3.8) is 0 Å². The fourth-order valence-corrected chi connectivity index (χ4v) is 5.52. The molecular weight excluding hydrogens is 312 g/mol. The van der Waals surface area contributed by atoms with Gasteiger partial charge < -0.3 is 0 Å². The van der Waals surface area contributed by atoms with Gasteiger partial charge in [-0.1, -0.05) is 101 Å². The van der Waals surface area contributed by atoms with Gasteiger partial charge in [-0.3, -0.25) is 0 Å². The SMILES string of the molecule is C=C(CCC1CCCCC1)C1=CC=C(C(C)CCC2CCCCC2)CC1. The summed E-state index contributed by atoms with van der Waals surface area (Å²) in [5, 5.41) is 0. The van der Waals surface area contributed by atoms with Crippen molar-refractivity contribution >= 4 is 0 Å². The molecule has 2 saturated carbocycles. The number of rotatable bonds is 8. The smallest absolute Gasteiger partial charge is 0.0228 e. The molecule has 0 heteroatoms. The summed E-state index contributed by atoms with van der Waals surface area (Å²) >= 11 is 0. The molecule has 0 nitrogen and oxygen atoms in total. The van der Waals surface area contributed by atoms with Crippen molar-refractivity contribution in [3.8, 4) is 0 Å². The monoisotopic (exact) mass is 354 g/mol. The molecule has 2 fully saturated rings. The zero-order valence-electron chi connectivity index (χ0n) is 17.4. The van der Waals surface area contributed by atoms with E-state index in [4.69, 9.17) is 0 Å². The Morgan fingerprint density at radius 3 is 2.08 bits per heavy atom. The number of hydrogen-bond acceptors (Lipinski definition) is 0. The van der Waals surface area contributed by atoms with Crippen molar-refractivity contribution in [1.29, 1.82) is 0 Å². The Kier molecular flexibility index (Phi) is 8.08. The topological polar surface area (TPSA) is 0 Å². The van der Waals surface area contributed by atoms with E-state index in [2.05, 4.69) is 25.7 Å². The number of allylic oxidation sites excluding steroid dienone is 5. The van der Waals surface area contributed by atoms with Crippen LogP contribution in [0.5, 0.6) is 0 Å². The molecule has 0 aromatic rings. The molecule has 0 saturated heterocycles. The van der Waals surface area contributed by atoms with Crippen molar-refractivity contribution in [3.05, 3.63) is 35.5 Å². The summed E-state index contributed by atoms with van der Waals surface area (Å²) in [6.07, 6.45) is 27.6. The van der Waals surface area contributed by atoms with Gasteiger partial charge >= 0.3 is 0 Å². The van der Waals surface area contributed by atoms with Crippen molar-refractivity contribution in [1.82, 2.24) is 0 Å². The lowest BCUT2D eigenvalue weighted by atomic mass is 9.80. The fraction of sp³-hybridized carbons (Fsp3) is 0.769. The lowest BCUT2D eigenvalue weighted by Gasteiger charge is -2.26. The Balaban J connectivity index is 1.41. The van der Waals surface area contributed by atoms with E-state index < -0.39 is 0 Å². The first kappa shape index (κ1) is 20.0. The van der Waals surface area contributed by atoms with Gasteiger partial charge in [0.1, 0.15) is 0 Å². The largest absolute Gasteiger partial charge is 0.0956 e. The first-order chi connectivity index (χ1) is 12.7. The molecule has 3 aliphatic rings. The first-order valence-electron chi connectivity index (χ1n) is 11.8. The average molecular weight is 355 g/mol. The summed E-state index contributed by atoms with van der Waals surface area (Å²) in [6.45, 7) is 6.90. The van der Waals surface area contributed by atoms with E-state index in [0.717, 1.165) is 17.8 Å². The zero-order valence-corrected chi connectivity index (χ0v) is 17.4. The Labute approximate surface area is 163 Å². The van der Waals surface area contributed by atoms with Crippen LogP contribution in [0.25, 0.3) is 0 Å². The highest BCUT2D eigenvalue weighted by Crippen LogP contribution is 2.35. The summed E-state index contributed by atoms with van der Waals surface area (Å²) < 4.78 is 0. The minimum Gasteiger partial charge on any atom is -0.0956 e. The maximum absolute atomic E-state index is 4.43. The molecule has 3 aliphatic carbocycles. The van der Waals surface area contributed by atoms with Crippen molar-refractivity contribution in [2.45, 2.75) is 110 Å². The molecule has 26 heavy (non-hydrogen) atoms. The predicted octanol–water partition coefficient (Wildman–Crippen LogP) is 8.55. The third kappa shape index (κ3) is 6.14. The molecule has 0 spiro atoms. The molecule has 3 rings (SSSR count). The van der Waals surface area contributed by atoms with Gasteiger partial charge in [-0.05, 0) is 61.9 Å². The minimum atomic E-state index is 0.783. The Morgan fingerprint density at radius 2 is 1.50 bits per heavy atom. The molecule has 0 amide bonds. The molecule has 0 aromatic heterocycles. The van der Waals surface area contributed by atoms with E-state index in [0.29, 0.717) is 0 Å². The standard InChI is InChI=1S/C26H42/c1-21(13-15-23-9-5-3-6-10-23)25-17-19-26(20-18-25)22(2)14-16-24-11-7-4-8-12-24/h17,19,22-24H,1,3-16,18,20H2,2H3. The lowest BCUT2D eigenvalue weighted by Crippen LogP contribution is -2.10. The molecule has 0 N–H and O–H groups in total. The Bertz CT molecular complexity index is 494. The molecule has 0 aromatic carbocycles. The minimum absolute atomic E-state index is 0.783. The van der Waals surface area contributed by atoms with Gasteiger partial charge in [0.2, 0.25) is 0 Å². The van der Waals surface area contributed by atoms with Crippen LogP contribution in [0.3, 0.4) is 0 Å². The van der Waals surface area contributed by atoms with Crippen LogP contribution in [0, 0.1) is 17.8 Å². The van der Waals surface area contributed by atoms with Crippen LogP contribution in [-0.4, -0.2) is 0 Å². The zero-order chi connectivity index (χ0) is 18.2. The summed E-state index contributed by atoms with van der Waals surface area (Å²) in [5.41, 5.74) is 4.68. The van der Waals surface area contributed by atoms with Crippen LogP contribution in [0.2, 0.25) is 0 Å². The quantitative estimate of drug-likeness (QED) is 0.409. The summed E-state index contributed by atoms with van der Waals surface area (Å²) in [4.78, 5) is 0. The Morgan fingerprint density at radius 1 is 0.885 bits per heavy atom. The number of hydrogen-bond donors (Lipinski definition) is 0. The van der Waals surface area contributed by atoms with Crippen LogP contribution < -0.4 is 0 Å². The van der Waals surface area contributed by atoms with Gasteiger partial charge in [-0.15, -0.1) is 0 Å². The molecule has 0 bridgehead atoms. The van der Waals surface area contributed by atoms with E-state index in [1.165, 1.54) is 108 Å². The van der Waals surface area contributed by atoms with E-state index in [-0.39, 0.29) is 0 Å². The molecule has 1 atom stereocenters. The Hall–Kier alpha value is -0.780. The van der Waals surface area contributed by atoms with Gasteiger partial charge in [-0.25, -0.2) is 0 Å². The van der Waals surface area contributed by atoms with Crippen molar-refractivity contribution in [2.75, 3.05) is 0 Å². The highest BCUT2D eigenvalue weighted by molar-refractivity contribution is 5.37. The van der Waals surface area contributed by atoms with Gasteiger partial charge in [0.05, 0.1) is 0 Å². The van der Waals surface area contributed by atoms with Crippen LogP contribution in [-0.2, 0) is 0 Å². The average Bonchev–Trinajstić information content (AvgIpc) is 2.72. The summed E-state index contributed by atoms with van der Waals surface area (Å²) in [5.74, 6) is 2.79. The van der Waals surface area contributed by atoms with E-state index in [1.807, 2.05) is 0 Å². The van der Waals surface area contributed by atoms with Crippen LogP contribution in [0.15, 0.2) is 35.5 Å². The molecule has 0 radical (unpaired) electrons. The second-order valence-electron chi connectivity index (χ2n) is 9.56. The van der Waals surface area contributed by atoms with Gasteiger partial charge in [0.15, 0.2) is 0 Å². The molecular formula is C26H42. The highest BCUT2D eigenvalue weighted by Gasteiger charge is 2.19. The van der Waals surface area contributed by atoms with E-state index in [9.17, 15) is 0 Å². The molecule has 0 aliphatic heterocycles. The third-order valence-corrected chi connectivity index (χ3v) is 7.58.